The second kappa shape index (κ2) is 10.8. The first-order chi connectivity index (χ1) is 20.2. The van der Waals surface area contributed by atoms with Crippen LogP contribution in [0.4, 0.5) is 5.69 Å². The van der Waals surface area contributed by atoms with Gasteiger partial charge in [-0.3, -0.25) is 19.3 Å². The van der Waals surface area contributed by atoms with E-state index in [-0.39, 0.29) is 36.0 Å². The maximum Gasteiger partial charge on any atom is 0.339 e. The summed E-state index contributed by atoms with van der Waals surface area (Å²) >= 11 is 0. The lowest BCUT2D eigenvalue weighted by Gasteiger charge is -2.16. The van der Waals surface area contributed by atoms with Crippen LogP contribution in [0.1, 0.15) is 50.2 Å². The molecule has 1 saturated heterocycles. The normalized spacial score (nSPS) is 17.9. The minimum atomic E-state index is -0.618. The average Bonchev–Trinajstić information content (AvgIpc) is 3.26. The van der Waals surface area contributed by atoms with Gasteiger partial charge in [0.25, 0.3) is 0 Å². The zero-order valence-electron chi connectivity index (χ0n) is 23.7. The van der Waals surface area contributed by atoms with Gasteiger partial charge in [0.05, 0.1) is 34.3 Å². The van der Waals surface area contributed by atoms with Crippen LogP contribution in [0, 0.1) is 32.6 Å². The number of rotatable bonds is 6. The SMILES string of the molecule is Cc1ccc(C(=O)COC(=O)c2cc(-c3ccc(N4C(=O)C5CC=CCC5C4=O)cc3)nc3c(C)cccc23)cc1C. The molecule has 2 amide bonds. The first kappa shape index (κ1) is 27.3. The van der Waals surface area contributed by atoms with Gasteiger partial charge in [-0.05, 0) is 74.6 Å². The molecule has 7 nitrogen and oxygen atoms in total. The summed E-state index contributed by atoms with van der Waals surface area (Å²) in [5.41, 5.74) is 6.16. The van der Waals surface area contributed by atoms with Crippen LogP contribution in [0.15, 0.2) is 78.9 Å². The van der Waals surface area contributed by atoms with Gasteiger partial charge in [0.1, 0.15) is 0 Å². The number of imide groups is 1. The smallest absolute Gasteiger partial charge is 0.339 e. The summed E-state index contributed by atoms with van der Waals surface area (Å²) in [6.07, 6.45) is 5.10. The van der Waals surface area contributed by atoms with Crippen LogP contribution in [0.25, 0.3) is 22.2 Å². The number of aromatic nitrogens is 1. The van der Waals surface area contributed by atoms with Crippen LogP contribution in [-0.4, -0.2) is 35.2 Å². The predicted octanol–water partition coefficient (Wildman–Crippen LogP) is 6.32. The van der Waals surface area contributed by atoms with Gasteiger partial charge in [-0.15, -0.1) is 0 Å². The number of ether oxygens (including phenoxy) is 1. The molecule has 0 bridgehead atoms. The highest BCUT2D eigenvalue weighted by Crippen LogP contribution is 2.38. The molecule has 2 heterocycles. The van der Waals surface area contributed by atoms with Gasteiger partial charge >= 0.3 is 5.97 Å². The van der Waals surface area contributed by atoms with Gasteiger partial charge in [-0.2, -0.15) is 0 Å². The van der Waals surface area contributed by atoms with E-state index in [1.165, 1.54) is 4.90 Å². The van der Waals surface area contributed by atoms with Crippen molar-refractivity contribution in [1.82, 2.24) is 4.98 Å². The van der Waals surface area contributed by atoms with Crippen molar-refractivity contribution in [2.24, 2.45) is 11.8 Å². The molecule has 4 aromatic rings. The van der Waals surface area contributed by atoms with Crippen molar-refractivity contribution in [2.75, 3.05) is 11.5 Å². The summed E-state index contributed by atoms with van der Waals surface area (Å²) in [6, 6.07) is 19.7. The van der Waals surface area contributed by atoms with E-state index in [2.05, 4.69) is 0 Å². The molecule has 3 aromatic carbocycles. The van der Waals surface area contributed by atoms with Gasteiger partial charge in [0.15, 0.2) is 12.4 Å². The number of amides is 2. The number of hydrogen-bond acceptors (Lipinski definition) is 6. The highest BCUT2D eigenvalue weighted by atomic mass is 16.5. The number of esters is 1. The van der Waals surface area contributed by atoms with Crippen molar-refractivity contribution in [1.29, 1.82) is 0 Å². The Morgan fingerprint density at radius 3 is 2.19 bits per heavy atom. The zero-order chi connectivity index (χ0) is 29.5. The van der Waals surface area contributed by atoms with E-state index < -0.39 is 5.97 Å². The lowest BCUT2D eigenvalue weighted by atomic mass is 9.85. The number of Topliss-reactive ketones (excluding diaryl/α,β-unsaturated/α-hetero) is 1. The number of anilines is 1. The fraction of sp³-hybridized carbons (Fsp3) is 0.229. The fourth-order valence-electron chi connectivity index (χ4n) is 5.75. The molecule has 1 aliphatic heterocycles. The topological polar surface area (TPSA) is 93.6 Å². The number of benzene rings is 3. The molecule has 1 fully saturated rings. The first-order valence-electron chi connectivity index (χ1n) is 14.0. The largest absolute Gasteiger partial charge is 0.454 e. The number of para-hydroxylation sites is 1. The molecule has 42 heavy (non-hydrogen) atoms. The Hall–Kier alpha value is -4.91. The average molecular weight is 559 g/mol. The van der Waals surface area contributed by atoms with Crippen molar-refractivity contribution in [3.63, 3.8) is 0 Å². The van der Waals surface area contributed by atoms with Crippen molar-refractivity contribution >= 4 is 40.2 Å². The maximum absolute atomic E-state index is 13.3. The van der Waals surface area contributed by atoms with E-state index in [4.69, 9.17) is 9.72 Å². The third kappa shape index (κ3) is 4.81. The van der Waals surface area contributed by atoms with E-state index in [1.807, 2.05) is 57.2 Å². The van der Waals surface area contributed by atoms with Crippen LogP contribution in [0.3, 0.4) is 0 Å². The van der Waals surface area contributed by atoms with E-state index in [0.29, 0.717) is 51.8 Å². The second-order valence-electron chi connectivity index (χ2n) is 11.0. The summed E-state index contributed by atoms with van der Waals surface area (Å²) in [4.78, 5) is 58.3. The van der Waals surface area contributed by atoms with Crippen LogP contribution in [-0.2, 0) is 14.3 Å². The van der Waals surface area contributed by atoms with Gasteiger partial charge in [0, 0.05) is 16.5 Å². The van der Waals surface area contributed by atoms with Crippen LogP contribution in [0.2, 0.25) is 0 Å². The van der Waals surface area contributed by atoms with Gasteiger partial charge in [-0.1, -0.05) is 54.6 Å². The summed E-state index contributed by atoms with van der Waals surface area (Å²) < 4.78 is 5.51. The minimum absolute atomic E-state index is 0.165. The third-order valence-electron chi connectivity index (χ3n) is 8.35. The molecule has 7 heteroatoms. The number of nitrogens with zero attached hydrogens (tertiary/aromatic N) is 2. The van der Waals surface area contributed by atoms with Crippen molar-refractivity contribution in [3.05, 3.63) is 107 Å². The summed E-state index contributed by atoms with van der Waals surface area (Å²) in [7, 11) is 0. The zero-order valence-corrected chi connectivity index (χ0v) is 23.7. The second-order valence-corrected chi connectivity index (χ2v) is 11.0. The Labute approximate surface area is 243 Å². The molecule has 0 spiro atoms. The molecule has 2 aliphatic rings. The molecule has 2 unspecified atom stereocenters. The van der Waals surface area contributed by atoms with Gasteiger partial charge < -0.3 is 4.74 Å². The number of aryl methyl sites for hydroxylation is 3. The lowest BCUT2D eigenvalue weighted by Crippen LogP contribution is -2.30. The molecule has 1 aromatic heterocycles. The first-order valence-corrected chi connectivity index (χ1v) is 14.0. The Morgan fingerprint density at radius 1 is 0.833 bits per heavy atom. The quantitative estimate of drug-likeness (QED) is 0.119. The fourth-order valence-corrected chi connectivity index (χ4v) is 5.75. The van der Waals surface area contributed by atoms with Gasteiger partial charge in [-0.25, -0.2) is 9.78 Å². The molecule has 0 saturated carbocycles. The van der Waals surface area contributed by atoms with Crippen LogP contribution in [0.5, 0.6) is 0 Å². The molecule has 1 aliphatic carbocycles. The molecular weight excluding hydrogens is 528 g/mol. The van der Waals surface area contributed by atoms with Crippen molar-refractivity contribution < 1.29 is 23.9 Å². The minimum Gasteiger partial charge on any atom is -0.454 e. The third-order valence-corrected chi connectivity index (χ3v) is 8.35. The highest BCUT2D eigenvalue weighted by Gasteiger charge is 2.47. The van der Waals surface area contributed by atoms with E-state index in [9.17, 15) is 19.2 Å². The number of hydrogen-bond donors (Lipinski definition) is 0. The van der Waals surface area contributed by atoms with Gasteiger partial charge in [0.2, 0.25) is 11.8 Å². The molecular formula is C35H30N2O5. The molecule has 210 valence electrons. The monoisotopic (exact) mass is 558 g/mol. The molecule has 2 atom stereocenters. The number of carbonyl (C=O) groups excluding carboxylic acids is 4. The summed E-state index contributed by atoms with van der Waals surface area (Å²) in [6.45, 7) is 5.44. The number of allylic oxidation sites excluding steroid dienone is 2. The summed E-state index contributed by atoms with van der Waals surface area (Å²) in [5.74, 6) is -1.83. The van der Waals surface area contributed by atoms with Crippen LogP contribution >= 0.6 is 0 Å². The predicted molar refractivity (Wildman–Crippen MR) is 160 cm³/mol. The molecule has 0 N–H and O–H groups in total. The maximum atomic E-state index is 13.3. The van der Waals surface area contributed by atoms with Crippen molar-refractivity contribution in [3.8, 4) is 11.3 Å². The Bertz CT molecular complexity index is 1780. The standard InChI is InChI=1S/C35H30N2O5/c1-20-11-12-24(17-22(20)3)31(38)19-42-35(41)29-18-30(36-32-21(2)7-6-10-26(29)32)23-13-15-25(16-14-23)37-33(39)27-8-4-5-9-28(27)34(37)40/h4-7,10-18,27-28H,8-9,19H2,1-3H3. The molecule has 6 rings (SSSR count). The Balaban J connectivity index is 1.28. The number of ketones is 1. The summed E-state index contributed by atoms with van der Waals surface area (Å²) in [5, 5.41) is 0.628. The number of fused-ring (bicyclic) bond motifs is 2. The highest BCUT2D eigenvalue weighted by molar-refractivity contribution is 6.22. The van der Waals surface area contributed by atoms with E-state index >= 15 is 0 Å². The van der Waals surface area contributed by atoms with E-state index in [0.717, 1.165) is 16.7 Å². The number of pyridine rings is 1. The Morgan fingerprint density at radius 2 is 1.52 bits per heavy atom. The number of carbonyl (C=O) groups is 4. The lowest BCUT2D eigenvalue weighted by molar-refractivity contribution is -0.122. The Kier molecular flexibility index (Phi) is 7.02. The molecule has 0 radical (unpaired) electrons. The van der Waals surface area contributed by atoms with Crippen LogP contribution < -0.4 is 4.90 Å². The van der Waals surface area contributed by atoms with Crippen molar-refractivity contribution in [2.45, 2.75) is 33.6 Å². The van der Waals surface area contributed by atoms with E-state index in [1.54, 1.807) is 42.5 Å².